The highest BCUT2D eigenvalue weighted by molar-refractivity contribution is 5.37. The summed E-state index contributed by atoms with van der Waals surface area (Å²) < 4.78 is 51.5. The van der Waals surface area contributed by atoms with Crippen molar-refractivity contribution in [2.24, 2.45) is 0 Å². The number of rotatable bonds is 2. The molecule has 1 unspecified atom stereocenters. The maximum absolute atomic E-state index is 13.6. The molecule has 1 heterocycles. The Labute approximate surface area is 112 Å². The van der Waals surface area contributed by atoms with Crippen LogP contribution in [0.2, 0.25) is 0 Å². The quantitative estimate of drug-likeness (QED) is 0.782. The van der Waals surface area contributed by atoms with Crippen LogP contribution in [0, 0.1) is 17.1 Å². The van der Waals surface area contributed by atoms with Crippen LogP contribution in [0.4, 0.5) is 17.6 Å². The Hall–Kier alpha value is -2.42. The van der Waals surface area contributed by atoms with E-state index in [1.54, 1.807) is 6.07 Å². The molecule has 2 nitrogen and oxygen atoms in total. The zero-order valence-corrected chi connectivity index (χ0v) is 10.0. The van der Waals surface area contributed by atoms with Gasteiger partial charge >= 0.3 is 6.18 Å². The summed E-state index contributed by atoms with van der Waals surface area (Å²) in [6, 6.07) is 8.80. The molecule has 0 amide bonds. The van der Waals surface area contributed by atoms with Crippen molar-refractivity contribution in [2.75, 3.05) is 0 Å². The van der Waals surface area contributed by atoms with Crippen molar-refractivity contribution >= 4 is 0 Å². The number of hydrogen-bond donors (Lipinski definition) is 0. The fourth-order valence-electron chi connectivity index (χ4n) is 1.79. The van der Waals surface area contributed by atoms with E-state index in [-0.39, 0.29) is 11.3 Å². The highest BCUT2D eigenvalue weighted by Gasteiger charge is 2.31. The molecule has 2 rings (SSSR count). The van der Waals surface area contributed by atoms with Crippen molar-refractivity contribution in [2.45, 2.75) is 12.1 Å². The summed E-state index contributed by atoms with van der Waals surface area (Å²) in [5.41, 5.74) is -1.05. The number of pyridine rings is 1. The van der Waals surface area contributed by atoms with Gasteiger partial charge in [0.1, 0.15) is 11.7 Å². The van der Waals surface area contributed by atoms with Crippen LogP contribution >= 0.6 is 0 Å². The standard InChI is InChI=1S/C14H8F4N2/c15-12-4-2-1-3-10(12)11(8-19)13-7-9(5-6-20-13)14(16,17)18/h1-7,11H. The minimum atomic E-state index is -4.53. The normalized spacial score (nSPS) is 12.8. The average molecular weight is 280 g/mol. The maximum atomic E-state index is 13.6. The molecular weight excluding hydrogens is 272 g/mol. The zero-order chi connectivity index (χ0) is 14.8. The van der Waals surface area contributed by atoms with E-state index in [2.05, 4.69) is 4.98 Å². The van der Waals surface area contributed by atoms with Crippen molar-refractivity contribution in [3.05, 3.63) is 65.2 Å². The number of halogens is 4. The summed E-state index contributed by atoms with van der Waals surface area (Å²) in [4.78, 5) is 3.75. The monoisotopic (exact) mass is 280 g/mol. The third-order valence-electron chi connectivity index (χ3n) is 2.75. The molecule has 1 aromatic heterocycles. The molecule has 0 saturated carbocycles. The predicted molar refractivity (Wildman–Crippen MR) is 63.1 cm³/mol. The van der Waals surface area contributed by atoms with Gasteiger partial charge in [-0.15, -0.1) is 0 Å². The van der Waals surface area contributed by atoms with Crippen LogP contribution < -0.4 is 0 Å². The average Bonchev–Trinajstić information content (AvgIpc) is 2.41. The first-order valence-electron chi connectivity index (χ1n) is 5.60. The lowest BCUT2D eigenvalue weighted by atomic mass is 9.95. The molecule has 0 aliphatic carbocycles. The largest absolute Gasteiger partial charge is 0.416 e. The minimum absolute atomic E-state index is 0.00169. The van der Waals surface area contributed by atoms with Gasteiger partial charge in [0.25, 0.3) is 0 Å². The van der Waals surface area contributed by atoms with Crippen molar-refractivity contribution < 1.29 is 17.6 Å². The van der Waals surface area contributed by atoms with Gasteiger partial charge in [0.05, 0.1) is 17.3 Å². The Morgan fingerprint density at radius 3 is 2.45 bits per heavy atom. The van der Waals surface area contributed by atoms with Gasteiger partial charge in [0.2, 0.25) is 0 Å². The molecule has 1 atom stereocenters. The zero-order valence-electron chi connectivity index (χ0n) is 10.0. The molecule has 1 aromatic carbocycles. The molecule has 102 valence electrons. The molecule has 0 bridgehead atoms. The van der Waals surface area contributed by atoms with Gasteiger partial charge in [-0.05, 0) is 18.2 Å². The van der Waals surface area contributed by atoms with E-state index in [4.69, 9.17) is 5.26 Å². The fraction of sp³-hybridized carbons (Fsp3) is 0.143. The second-order valence-electron chi connectivity index (χ2n) is 4.05. The molecule has 0 fully saturated rings. The summed E-state index contributed by atoms with van der Waals surface area (Å²) in [6.45, 7) is 0. The molecule has 0 aliphatic heterocycles. The number of aromatic nitrogens is 1. The van der Waals surface area contributed by atoms with Crippen LogP contribution in [0.3, 0.4) is 0 Å². The van der Waals surface area contributed by atoms with Crippen LogP contribution in [0.5, 0.6) is 0 Å². The van der Waals surface area contributed by atoms with Crippen molar-refractivity contribution in [1.29, 1.82) is 5.26 Å². The van der Waals surface area contributed by atoms with Crippen molar-refractivity contribution in [3.63, 3.8) is 0 Å². The lowest BCUT2D eigenvalue weighted by molar-refractivity contribution is -0.137. The van der Waals surface area contributed by atoms with Crippen LogP contribution in [-0.4, -0.2) is 4.98 Å². The maximum Gasteiger partial charge on any atom is 0.416 e. The fourth-order valence-corrected chi connectivity index (χ4v) is 1.79. The molecule has 0 N–H and O–H groups in total. The minimum Gasteiger partial charge on any atom is -0.260 e. The van der Waals surface area contributed by atoms with Crippen LogP contribution in [0.1, 0.15) is 22.7 Å². The highest BCUT2D eigenvalue weighted by atomic mass is 19.4. The van der Waals surface area contributed by atoms with Gasteiger partial charge < -0.3 is 0 Å². The number of hydrogen-bond acceptors (Lipinski definition) is 2. The number of nitrogens with zero attached hydrogens (tertiary/aromatic N) is 2. The summed E-state index contributed by atoms with van der Waals surface area (Å²) in [5, 5.41) is 9.11. The predicted octanol–water partition coefficient (Wildman–Crippen LogP) is 3.89. The van der Waals surface area contributed by atoms with Crippen LogP contribution in [0.15, 0.2) is 42.6 Å². The lowest BCUT2D eigenvalue weighted by Crippen LogP contribution is -2.09. The van der Waals surface area contributed by atoms with E-state index in [0.29, 0.717) is 0 Å². The Kier molecular flexibility index (Phi) is 3.70. The second-order valence-corrected chi connectivity index (χ2v) is 4.05. The molecule has 6 heteroatoms. The first-order valence-corrected chi connectivity index (χ1v) is 5.60. The molecule has 20 heavy (non-hydrogen) atoms. The molecular formula is C14H8F4N2. The SMILES string of the molecule is N#CC(c1cc(C(F)(F)F)ccn1)c1ccccc1F. The van der Waals surface area contributed by atoms with Gasteiger partial charge in [0, 0.05) is 11.8 Å². The smallest absolute Gasteiger partial charge is 0.260 e. The van der Waals surface area contributed by atoms with Gasteiger partial charge in [-0.25, -0.2) is 4.39 Å². The first-order chi connectivity index (χ1) is 9.43. The second kappa shape index (κ2) is 5.29. The van der Waals surface area contributed by atoms with Crippen molar-refractivity contribution in [1.82, 2.24) is 4.98 Å². The molecule has 0 aliphatic rings. The van der Waals surface area contributed by atoms with E-state index in [1.165, 1.54) is 18.2 Å². The van der Waals surface area contributed by atoms with E-state index in [9.17, 15) is 17.6 Å². The van der Waals surface area contributed by atoms with Crippen molar-refractivity contribution in [3.8, 4) is 6.07 Å². The third-order valence-corrected chi connectivity index (χ3v) is 2.75. The van der Waals surface area contributed by atoms with Gasteiger partial charge in [0.15, 0.2) is 0 Å². The summed E-state index contributed by atoms with van der Waals surface area (Å²) in [5.74, 6) is -1.84. The van der Waals surface area contributed by atoms with E-state index in [1.807, 2.05) is 0 Å². The van der Waals surface area contributed by atoms with Crippen LogP contribution in [-0.2, 0) is 6.18 Å². The molecule has 2 aromatic rings. The Morgan fingerprint density at radius 2 is 1.85 bits per heavy atom. The number of benzene rings is 1. The van der Waals surface area contributed by atoms with Gasteiger partial charge in [-0.1, -0.05) is 18.2 Å². The van der Waals surface area contributed by atoms with Gasteiger partial charge in [-0.3, -0.25) is 4.98 Å². The molecule has 0 saturated heterocycles. The van der Waals surface area contributed by atoms with E-state index >= 15 is 0 Å². The van der Waals surface area contributed by atoms with Gasteiger partial charge in [-0.2, -0.15) is 18.4 Å². The molecule has 0 spiro atoms. The lowest BCUT2D eigenvalue weighted by Gasteiger charge is -2.12. The van der Waals surface area contributed by atoms with E-state index in [0.717, 1.165) is 24.4 Å². The first kappa shape index (κ1) is 14.0. The third kappa shape index (κ3) is 2.77. The Morgan fingerprint density at radius 1 is 1.15 bits per heavy atom. The Balaban J connectivity index is 2.49. The summed E-state index contributed by atoms with van der Waals surface area (Å²) in [7, 11) is 0. The van der Waals surface area contributed by atoms with Crippen LogP contribution in [0.25, 0.3) is 0 Å². The summed E-state index contributed by atoms with van der Waals surface area (Å²) in [6.07, 6.45) is -3.57. The Bertz CT molecular complexity index is 659. The summed E-state index contributed by atoms with van der Waals surface area (Å²) >= 11 is 0. The number of alkyl halides is 3. The topological polar surface area (TPSA) is 36.7 Å². The molecule has 0 radical (unpaired) electrons. The van der Waals surface area contributed by atoms with E-state index < -0.39 is 23.5 Å². The number of nitriles is 1. The highest BCUT2D eigenvalue weighted by Crippen LogP contribution is 2.32.